The van der Waals surface area contributed by atoms with E-state index in [0.29, 0.717) is 10.9 Å². The summed E-state index contributed by atoms with van der Waals surface area (Å²) >= 11 is 18.6. The number of benzene rings is 4. The van der Waals surface area contributed by atoms with Gasteiger partial charge in [-0.15, -0.1) is 5.10 Å². The highest BCUT2D eigenvalue weighted by molar-refractivity contribution is 7.99. The second kappa shape index (κ2) is 15.4. The number of tetrazole rings is 1. The van der Waals surface area contributed by atoms with Gasteiger partial charge in [-0.05, 0) is 62.5 Å². The van der Waals surface area contributed by atoms with Gasteiger partial charge in [-0.3, -0.25) is 4.79 Å². The monoisotopic (exact) mass is 723 g/mol. The quantitative estimate of drug-likeness (QED) is 0.113. The van der Waals surface area contributed by atoms with Crippen molar-refractivity contribution in [3.63, 3.8) is 0 Å². The summed E-state index contributed by atoms with van der Waals surface area (Å²) < 4.78 is 13.1. The minimum Gasteiger partial charge on any atom is -0.392 e. The predicted molar refractivity (Wildman–Crippen MR) is 187 cm³/mol. The summed E-state index contributed by atoms with van der Waals surface area (Å²) in [6, 6.07) is 33.4. The summed E-state index contributed by atoms with van der Waals surface area (Å²) in [6.07, 6.45) is -1.16. The molecule has 9 nitrogen and oxygen atoms in total. The Labute approximate surface area is 297 Å². The van der Waals surface area contributed by atoms with Gasteiger partial charge in [0.05, 0.1) is 24.5 Å². The lowest BCUT2D eigenvalue weighted by Crippen LogP contribution is -2.38. The largest absolute Gasteiger partial charge is 0.392 e. The molecule has 4 unspecified atom stereocenters. The van der Waals surface area contributed by atoms with Gasteiger partial charge in [-0.1, -0.05) is 132 Å². The van der Waals surface area contributed by atoms with Gasteiger partial charge in [0, 0.05) is 23.8 Å². The normalized spacial score (nSPS) is 19.6. The van der Waals surface area contributed by atoms with Gasteiger partial charge in [0.15, 0.2) is 6.29 Å². The van der Waals surface area contributed by atoms with Crippen LogP contribution in [0.4, 0.5) is 0 Å². The third kappa shape index (κ3) is 8.20. The summed E-state index contributed by atoms with van der Waals surface area (Å²) in [5, 5.41) is 25.3. The van der Waals surface area contributed by atoms with Crippen molar-refractivity contribution in [2.75, 3.05) is 5.75 Å². The van der Waals surface area contributed by atoms with Crippen molar-refractivity contribution < 1.29 is 19.4 Å². The lowest BCUT2D eigenvalue weighted by atomic mass is 9.91. The Morgan fingerprint density at radius 1 is 0.896 bits per heavy atom. The molecule has 1 aliphatic rings. The number of nitrogens with zero attached hydrogens (tertiary/aromatic N) is 4. The van der Waals surface area contributed by atoms with Crippen molar-refractivity contribution in [3.05, 3.63) is 125 Å². The van der Waals surface area contributed by atoms with Gasteiger partial charge in [-0.25, -0.2) is 0 Å². The van der Waals surface area contributed by atoms with Crippen LogP contribution in [0.15, 0.2) is 108 Å². The number of para-hydroxylation sites is 1. The zero-order valence-electron chi connectivity index (χ0n) is 25.7. The van der Waals surface area contributed by atoms with Crippen LogP contribution in [0.2, 0.25) is 0 Å². The first-order valence-corrected chi connectivity index (χ1v) is 17.3. The van der Waals surface area contributed by atoms with E-state index in [-0.39, 0.29) is 31.3 Å². The van der Waals surface area contributed by atoms with Crippen molar-refractivity contribution in [1.82, 2.24) is 25.5 Å². The van der Waals surface area contributed by atoms with E-state index in [4.69, 9.17) is 44.3 Å². The minimum absolute atomic E-state index is 0.0162. The summed E-state index contributed by atoms with van der Waals surface area (Å²) in [5.74, 6) is -0.121. The van der Waals surface area contributed by atoms with E-state index >= 15 is 0 Å². The first-order valence-electron chi connectivity index (χ1n) is 15.2. The molecule has 0 aliphatic carbocycles. The van der Waals surface area contributed by atoms with E-state index < -0.39 is 16.0 Å². The average Bonchev–Trinajstić information content (AvgIpc) is 3.59. The number of hydrogen-bond acceptors (Lipinski definition) is 8. The Bertz CT molecular complexity index is 1840. The number of rotatable bonds is 10. The summed E-state index contributed by atoms with van der Waals surface area (Å²) in [7, 11) is 0. The van der Waals surface area contributed by atoms with Crippen LogP contribution < -0.4 is 5.32 Å². The van der Waals surface area contributed by atoms with Crippen molar-refractivity contribution in [1.29, 1.82) is 0 Å². The first-order chi connectivity index (χ1) is 23.2. The van der Waals surface area contributed by atoms with Gasteiger partial charge >= 0.3 is 0 Å². The standard InChI is InChI=1S/C35H32Cl3N5O4S/c1-22-30(21-48-34-40-41-42-43(34)29-11-3-2-4-12-29)46-32(47-31(22)25-15-13-23(20-44)14-16-25)28-10-6-9-27(18-28)26-8-5-7-24(17-26)19-39-33(45)35(36,37)38/h2-18,22,30-32,44H,19-21H2,1H3,(H,39,45). The van der Waals surface area contributed by atoms with Crippen molar-refractivity contribution in [3.8, 4) is 16.8 Å². The molecule has 0 spiro atoms. The molecule has 13 heteroatoms. The van der Waals surface area contributed by atoms with Crippen molar-refractivity contribution in [2.45, 2.75) is 47.5 Å². The summed E-state index contributed by atoms with van der Waals surface area (Å²) in [4.78, 5) is 12.1. The second-order valence-electron chi connectivity index (χ2n) is 11.3. The van der Waals surface area contributed by atoms with Crippen LogP contribution in [0.1, 0.15) is 41.6 Å². The minimum atomic E-state index is -2.03. The van der Waals surface area contributed by atoms with Crippen molar-refractivity contribution in [2.24, 2.45) is 5.92 Å². The summed E-state index contributed by atoms with van der Waals surface area (Å²) in [6.45, 7) is 2.29. The third-order valence-corrected chi connectivity index (χ3v) is 9.59. The fraction of sp³-hybridized carbons (Fsp3) is 0.257. The van der Waals surface area contributed by atoms with Crippen LogP contribution in [0.25, 0.3) is 16.8 Å². The molecule has 5 aromatic rings. The molecule has 248 valence electrons. The number of aliphatic hydroxyl groups excluding tert-OH is 1. The maximum absolute atomic E-state index is 12.1. The number of amides is 1. The topological polar surface area (TPSA) is 111 Å². The number of thioether (sulfide) groups is 1. The molecule has 1 fully saturated rings. The second-order valence-corrected chi connectivity index (χ2v) is 14.6. The van der Waals surface area contributed by atoms with Crippen LogP contribution in [0.5, 0.6) is 0 Å². The SMILES string of the molecule is CC1C(CSc2nnnn2-c2ccccc2)OC(c2cccc(-c3cccc(CNC(=O)C(Cl)(Cl)Cl)c3)c2)OC1c1ccc(CO)cc1. The fourth-order valence-electron chi connectivity index (χ4n) is 5.47. The van der Waals surface area contributed by atoms with Crippen LogP contribution >= 0.6 is 46.6 Å². The van der Waals surface area contributed by atoms with Gasteiger partial charge < -0.3 is 19.9 Å². The molecule has 4 aromatic carbocycles. The number of carbonyl (C=O) groups is 1. The predicted octanol–water partition coefficient (Wildman–Crippen LogP) is 7.39. The molecule has 1 amide bonds. The zero-order chi connectivity index (χ0) is 33.7. The van der Waals surface area contributed by atoms with E-state index in [0.717, 1.165) is 39.1 Å². The summed E-state index contributed by atoms with van der Waals surface area (Å²) in [5.41, 5.74) is 6.30. The maximum atomic E-state index is 12.1. The lowest BCUT2D eigenvalue weighted by Gasteiger charge is -2.41. The smallest absolute Gasteiger partial charge is 0.272 e. The van der Waals surface area contributed by atoms with Gasteiger partial charge in [0.1, 0.15) is 0 Å². The van der Waals surface area contributed by atoms with Gasteiger partial charge in [-0.2, -0.15) is 4.68 Å². The Morgan fingerprint density at radius 3 is 2.35 bits per heavy atom. The molecule has 6 rings (SSSR count). The molecule has 1 saturated heterocycles. The average molecular weight is 725 g/mol. The first kappa shape index (κ1) is 34.4. The number of aliphatic hydroxyl groups is 1. The maximum Gasteiger partial charge on any atom is 0.272 e. The van der Waals surface area contributed by atoms with Crippen molar-refractivity contribution >= 4 is 52.5 Å². The number of hydrogen-bond donors (Lipinski definition) is 2. The molecule has 1 aliphatic heterocycles. The Hall–Kier alpha value is -3.48. The van der Waals surface area contributed by atoms with Gasteiger partial charge in [0.2, 0.25) is 5.16 Å². The molecule has 0 bridgehead atoms. The molecule has 4 atom stereocenters. The Morgan fingerprint density at radius 2 is 1.62 bits per heavy atom. The highest BCUT2D eigenvalue weighted by Crippen LogP contribution is 2.43. The molecular weight excluding hydrogens is 693 g/mol. The fourth-order valence-corrected chi connectivity index (χ4v) is 6.73. The highest BCUT2D eigenvalue weighted by atomic mass is 35.6. The number of carbonyl (C=O) groups excluding carboxylic acids is 1. The number of halogens is 3. The Balaban J connectivity index is 1.25. The molecule has 0 saturated carbocycles. The van der Waals surface area contributed by atoms with E-state index in [2.05, 4.69) is 27.8 Å². The van der Waals surface area contributed by atoms with E-state index in [1.54, 1.807) is 4.68 Å². The number of ether oxygens (including phenoxy) is 2. The number of aromatic nitrogens is 4. The molecule has 1 aromatic heterocycles. The van der Waals surface area contributed by atoms with Crippen LogP contribution in [0, 0.1) is 5.92 Å². The Kier molecular flexibility index (Phi) is 11.0. The van der Waals surface area contributed by atoms with Gasteiger partial charge in [0.25, 0.3) is 9.70 Å². The molecular formula is C35H32Cl3N5O4S. The molecule has 2 N–H and O–H groups in total. The van der Waals surface area contributed by atoms with Crippen LogP contribution in [-0.4, -0.2) is 46.9 Å². The third-order valence-electron chi connectivity index (χ3n) is 8.07. The van der Waals surface area contributed by atoms with Crippen LogP contribution in [0.3, 0.4) is 0 Å². The number of nitrogens with one attached hydrogen (secondary N) is 1. The number of alkyl halides is 3. The van der Waals surface area contributed by atoms with E-state index in [1.807, 2.05) is 103 Å². The zero-order valence-corrected chi connectivity index (χ0v) is 28.8. The molecule has 2 heterocycles. The highest BCUT2D eigenvalue weighted by Gasteiger charge is 2.39. The van der Waals surface area contributed by atoms with Crippen LogP contribution in [-0.2, 0) is 27.4 Å². The van der Waals surface area contributed by atoms with E-state index in [9.17, 15) is 9.90 Å². The molecule has 48 heavy (non-hydrogen) atoms. The molecule has 0 radical (unpaired) electrons. The van der Waals surface area contributed by atoms with E-state index in [1.165, 1.54) is 11.8 Å². The lowest BCUT2D eigenvalue weighted by molar-refractivity contribution is -0.268.